The largest absolute Gasteiger partial charge is 0.381 e. The van der Waals surface area contributed by atoms with Crippen molar-refractivity contribution in [2.45, 2.75) is 46.6 Å². The van der Waals surface area contributed by atoms with Gasteiger partial charge < -0.3 is 5.32 Å². The summed E-state index contributed by atoms with van der Waals surface area (Å²) in [4.78, 5) is 0. The molecule has 0 aromatic heterocycles. The van der Waals surface area contributed by atoms with E-state index in [4.69, 9.17) is 0 Å². The summed E-state index contributed by atoms with van der Waals surface area (Å²) in [6.07, 6.45) is 0. The number of nitrogens with one attached hydrogen (secondary N) is 1. The van der Waals surface area contributed by atoms with Gasteiger partial charge in [-0.05, 0) is 47.6 Å². The summed E-state index contributed by atoms with van der Waals surface area (Å²) >= 11 is 0. The monoisotopic (exact) mass is 267 g/mol. The number of aryl methyl sites for hydroxylation is 2. The number of rotatable bonds is 3. The molecule has 0 aliphatic carbocycles. The number of anilines is 1. The molecule has 0 heterocycles. The molecule has 0 amide bonds. The molecule has 0 unspecified atom stereocenters. The Balaban J connectivity index is 2.24. The van der Waals surface area contributed by atoms with E-state index >= 15 is 0 Å². The molecule has 0 spiro atoms. The van der Waals surface area contributed by atoms with Gasteiger partial charge in [0.2, 0.25) is 0 Å². The third kappa shape index (κ3) is 3.22. The van der Waals surface area contributed by atoms with E-state index in [-0.39, 0.29) is 5.41 Å². The highest BCUT2D eigenvalue weighted by molar-refractivity contribution is 5.54. The van der Waals surface area contributed by atoms with Crippen LogP contribution in [0.1, 0.15) is 43.0 Å². The maximum absolute atomic E-state index is 3.62. The Kier molecular flexibility index (Phi) is 4.17. The van der Waals surface area contributed by atoms with E-state index in [1.165, 1.54) is 27.9 Å². The van der Waals surface area contributed by atoms with Gasteiger partial charge in [-0.3, -0.25) is 0 Å². The Bertz CT molecular complexity index is 571. The normalized spacial score (nSPS) is 11.4. The summed E-state index contributed by atoms with van der Waals surface area (Å²) in [6.45, 7) is 12.0. The molecule has 0 saturated heterocycles. The second kappa shape index (κ2) is 5.70. The first-order valence-electron chi connectivity index (χ1n) is 7.28. The summed E-state index contributed by atoms with van der Waals surface area (Å²) in [6, 6.07) is 15.1. The molecule has 1 N–H and O–H groups in total. The lowest BCUT2D eigenvalue weighted by Crippen LogP contribution is -2.15. The zero-order chi connectivity index (χ0) is 14.8. The summed E-state index contributed by atoms with van der Waals surface area (Å²) in [7, 11) is 0. The van der Waals surface area contributed by atoms with Gasteiger partial charge in [0.25, 0.3) is 0 Å². The van der Waals surface area contributed by atoms with E-state index < -0.39 is 0 Å². The summed E-state index contributed by atoms with van der Waals surface area (Å²) in [5.74, 6) is 0. The molecule has 2 rings (SSSR count). The SMILES string of the molecule is Cc1cccc(C)c1CNc1ccccc1C(C)(C)C. The second-order valence-corrected chi connectivity index (χ2v) is 6.52. The first-order valence-corrected chi connectivity index (χ1v) is 7.28. The minimum Gasteiger partial charge on any atom is -0.381 e. The van der Waals surface area contributed by atoms with Crippen molar-refractivity contribution in [2.75, 3.05) is 5.32 Å². The molecule has 0 atom stereocenters. The van der Waals surface area contributed by atoms with Crippen LogP contribution in [0.25, 0.3) is 0 Å². The van der Waals surface area contributed by atoms with Crippen molar-refractivity contribution in [2.24, 2.45) is 0 Å². The molecule has 1 nitrogen and oxygen atoms in total. The molecule has 1 heteroatoms. The van der Waals surface area contributed by atoms with Crippen molar-refractivity contribution in [1.82, 2.24) is 0 Å². The first-order chi connectivity index (χ1) is 9.39. The average Bonchev–Trinajstić information content (AvgIpc) is 2.37. The highest BCUT2D eigenvalue weighted by Gasteiger charge is 2.17. The minimum atomic E-state index is 0.157. The van der Waals surface area contributed by atoms with Gasteiger partial charge in [-0.25, -0.2) is 0 Å². The van der Waals surface area contributed by atoms with Gasteiger partial charge in [-0.1, -0.05) is 57.2 Å². The third-order valence-electron chi connectivity index (χ3n) is 3.84. The molecular formula is C19H25N. The molecule has 106 valence electrons. The van der Waals surface area contributed by atoms with Crippen LogP contribution in [0.3, 0.4) is 0 Å². The molecular weight excluding hydrogens is 242 g/mol. The molecule has 2 aromatic rings. The molecule has 20 heavy (non-hydrogen) atoms. The van der Waals surface area contributed by atoms with Crippen molar-refractivity contribution in [3.63, 3.8) is 0 Å². The Morgan fingerprint density at radius 2 is 1.45 bits per heavy atom. The van der Waals surface area contributed by atoms with E-state index in [2.05, 4.69) is 82.4 Å². The Morgan fingerprint density at radius 3 is 2.05 bits per heavy atom. The zero-order valence-electron chi connectivity index (χ0n) is 13.2. The van der Waals surface area contributed by atoms with Crippen LogP contribution in [-0.2, 0) is 12.0 Å². The average molecular weight is 267 g/mol. The van der Waals surface area contributed by atoms with Gasteiger partial charge in [0.15, 0.2) is 0 Å². The van der Waals surface area contributed by atoms with Crippen molar-refractivity contribution in [3.8, 4) is 0 Å². The lowest BCUT2D eigenvalue weighted by atomic mass is 9.86. The molecule has 2 aromatic carbocycles. The highest BCUT2D eigenvalue weighted by atomic mass is 14.9. The number of hydrogen-bond acceptors (Lipinski definition) is 1. The van der Waals surface area contributed by atoms with Crippen LogP contribution in [0, 0.1) is 13.8 Å². The van der Waals surface area contributed by atoms with Crippen LogP contribution in [0.5, 0.6) is 0 Å². The van der Waals surface area contributed by atoms with Crippen LogP contribution in [0.15, 0.2) is 42.5 Å². The molecule has 0 fully saturated rings. The van der Waals surface area contributed by atoms with Crippen molar-refractivity contribution in [3.05, 3.63) is 64.7 Å². The summed E-state index contributed by atoms with van der Waals surface area (Å²) < 4.78 is 0. The van der Waals surface area contributed by atoms with E-state index in [1.807, 2.05) is 0 Å². The Morgan fingerprint density at radius 1 is 0.850 bits per heavy atom. The van der Waals surface area contributed by atoms with Crippen LogP contribution >= 0.6 is 0 Å². The van der Waals surface area contributed by atoms with Crippen LogP contribution in [-0.4, -0.2) is 0 Å². The van der Waals surface area contributed by atoms with Gasteiger partial charge in [-0.2, -0.15) is 0 Å². The van der Waals surface area contributed by atoms with E-state index in [0.717, 1.165) is 6.54 Å². The Hall–Kier alpha value is -1.76. The predicted octanol–water partition coefficient (Wildman–Crippen LogP) is 5.21. The molecule has 0 aliphatic heterocycles. The molecule has 0 radical (unpaired) electrons. The summed E-state index contributed by atoms with van der Waals surface area (Å²) in [5.41, 5.74) is 6.87. The zero-order valence-corrected chi connectivity index (χ0v) is 13.2. The fourth-order valence-corrected chi connectivity index (χ4v) is 2.60. The van der Waals surface area contributed by atoms with Crippen LogP contribution < -0.4 is 5.32 Å². The lowest BCUT2D eigenvalue weighted by Gasteiger charge is -2.24. The standard InChI is InChI=1S/C19H25N/c1-14-9-8-10-15(2)16(14)13-20-18-12-7-6-11-17(18)19(3,4)5/h6-12,20H,13H2,1-5H3. The second-order valence-electron chi connectivity index (χ2n) is 6.52. The first kappa shape index (κ1) is 14.6. The van der Waals surface area contributed by atoms with Crippen LogP contribution in [0.2, 0.25) is 0 Å². The molecule has 0 saturated carbocycles. The van der Waals surface area contributed by atoms with Gasteiger partial charge in [0.05, 0.1) is 0 Å². The lowest BCUT2D eigenvalue weighted by molar-refractivity contribution is 0.591. The fourth-order valence-electron chi connectivity index (χ4n) is 2.60. The fraction of sp³-hybridized carbons (Fsp3) is 0.368. The quantitative estimate of drug-likeness (QED) is 0.804. The van der Waals surface area contributed by atoms with E-state index in [9.17, 15) is 0 Å². The predicted molar refractivity (Wildman–Crippen MR) is 88.4 cm³/mol. The Labute approximate surface area is 123 Å². The summed E-state index contributed by atoms with van der Waals surface area (Å²) in [5, 5.41) is 3.62. The topological polar surface area (TPSA) is 12.0 Å². The maximum Gasteiger partial charge on any atom is 0.0406 e. The number of benzene rings is 2. The third-order valence-corrected chi connectivity index (χ3v) is 3.84. The smallest absolute Gasteiger partial charge is 0.0406 e. The van der Waals surface area contributed by atoms with Crippen LogP contribution in [0.4, 0.5) is 5.69 Å². The van der Waals surface area contributed by atoms with Crippen molar-refractivity contribution < 1.29 is 0 Å². The molecule has 0 aliphatic rings. The van der Waals surface area contributed by atoms with E-state index in [1.54, 1.807) is 0 Å². The van der Waals surface area contributed by atoms with Crippen molar-refractivity contribution in [1.29, 1.82) is 0 Å². The molecule has 0 bridgehead atoms. The minimum absolute atomic E-state index is 0.157. The van der Waals surface area contributed by atoms with Gasteiger partial charge in [0.1, 0.15) is 0 Å². The van der Waals surface area contributed by atoms with Gasteiger partial charge >= 0.3 is 0 Å². The number of hydrogen-bond donors (Lipinski definition) is 1. The highest BCUT2D eigenvalue weighted by Crippen LogP contribution is 2.29. The van der Waals surface area contributed by atoms with E-state index in [0.29, 0.717) is 0 Å². The number of para-hydroxylation sites is 1. The maximum atomic E-state index is 3.62. The van der Waals surface area contributed by atoms with Crippen molar-refractivity contribution >= 4 is 5.69 Å². The van der Waals surface area contributed by atoms with Gasteiger partial charge in [-0.15, -0.1) is 0 Å². The van der Waals surface area contributed by atoms with Gasteiger partial charge in [0, 0.05) is 12.2 Å².